The molecule has 20 heavy (non-hydrogen) atoms. The maximum absolute atomic E-state index is 5.98. The average Bonchev–Trinajstić information content (AvgIpc) is 2.46. The van der Waals surface area contributed by atoms with Crippen LogP contribution in [0.15, 0.2) is 30.3 Å². The van der Waals surface area contributed by atoms with Gasteiger partial charge in [0.05, 0.1) is 0 Å². The lowest BCUT2D eigenvalue weighted by molar-refractivity contribution is 0.0419. The van der Waals surface area contributed by atoms with Gasteiger partial charge in [0.25, 0.3) is 0 Å². The molecule has 110 valence electrons. The Morgan fingerprint density at radius 3 is 2.15 bits per heavy atom. The summed E-state index contributed by atoms with van der Waals surface area (Å²) in [6, 6.07) is 10.8. The lowest BCUT2D eigenvalue weighted by atomic mass is 9.68. The summed E-state index contributed by atoms with van der Waals surface area (Å²) in [5, 5.41) is 0. The Labute approximate surface area is 122 Å². The fraction of sp³-hybridized carbons (Fsp3) is 0.647. The van der Waals surface area contributed by atoms with E-state index in [0.29, 0.717) is 5.41 Å². The Morgan fingerprint density at radius 1 is 0.950 bits per heavy atom. The van der Waals surface area contributed by atoms with Gasteiger partial charge in [0, 0.05) is 39.3 Å². The Kier molecular flexibility index (Phi) is 4.39. The van der Waals surface area contributed by atoms with Gasteiger partial charge < -0.3 is 10.6 Å². The third-order valence-corrected chi connectivity index (χ3v) is 5.12. The van der Waals surface area contributed by atoms with Crippen LogP contribution in [0.25, 0.3) is 0 Å². The summed E-state index contributed by atoms with van der Waals surface area (Å²) in [6.45, 7) is 7.98. The molecule has 0 atom stereocenters. The van der Waals surface area contributed by atoms with Crippen LogP contribution in [0.1, 0.15) is 24.8 Å². The molecule has 0 bridgehead atoms. The largest absolute Gasteiger partial charge is 0.330 e. The van der Waals surface area contributed by atoms with E-state index >= 15 is 0 Å². The molecule has 2 fully saturated rings. The molecule has 0 aromatic heterocycles. The summed E-state index contributed by atoms with van der Waals surface area (Å²) >= 11 is 0. The molecule has 0 radical (unpaired) electrons. The van der Waals surface area contributed by atoms with Crippen molar-refractivity contribution in [2.45, 2.75) is 25.8 Å². The van der Waals surface area contributed by atoms with Crippen molar-refractivity contribution in [1.82, 2.24) is 9.80 Å². The third-order valence-electron chi connectivity index (χ3n) is 5.12. The van der Waals surface area contributed by atoms with Crippen LogP contribution in [0, 0.1) is 5.41 Å². The third kappa shape index (κ3) is 3.22. The van der Waals surface area contributed by atoms with E-state index in [4.69, 9.17) is 5.73 Å². The highest BCUT2D eigenvalue weighted by Crippen LogP contribution is 2.40. The highest BCUT2D eigenvalue weighted by molar-refractivity contribution is 5.14. The summed E-state index contributed by atoms with van der Waals surface area (Å²) in [5.41, 5.74) is 7.87. The zero-order chi connectivity index (χ0) is 13.8. The number of piperazine rings is 1. The topological polar surface area (TPSA) is 32.5 Å². The van der Waals surface area contributed by atoms with Crippen LogP contribution in [-0.4, -0.2) is 49.1 Å². The fourth-order valence-electron chi connectivity index (χ4n) is 3.53. The molecule has 0 unspecified atom stereocenters. The van der Waals surface area contributed by atoms with Crippen LogP contribution in [0.5, 0.6) is 0 Å². The zero-order valence-electron chi connectivity index (χ0n) is 12.4. The molecule has 3 rings (SSSR count). The molecule has 1 saturated heterocycles. The van der Waals surface area contributed by atoms with E-state index in [1.807, 2.05) is 0 Å². The van der Waals surface area contributed by atoms with Crippen molar-refractivity contribution in [2.75, 3.05) is 39.3 Å². The van der Waals surface area contributed by atoms with Gasteiger partial charge in [-0.3, -0.25) is 4.90 Å². The minimum Gasteiger partial charge on any atom is -0.330 e. The first kappa shape index (κ1) is 14.1. The van der Waals surface area contributed by atoms with Gasteiger partial charge in [-0.05, 0) is 30.4 Å². The van der Waals surface area contributed by atoms with Crippen LogP contribution in [0.2, 0.25) is 0 Å². The molecule has 0 spiro atoms. The molecule has 1 saturated carbocycles. The predicted molar refractivity (Wildman–Crippen MR) is 83.5 cm³/mol. The molecule has 3 heteroatoms. The normalized spacial score (nSPS) is 23.4. The second kappa shape index (κ2) is 6.25. The van der Waals surface area contributed by atoms with Crippen LogP contribution >= 0.6 is 0 Å². The summed E-state index contributed by atoms with van der Waals surface area (Å²) < 4.78 is 0. The molecular weight excluding hydrogens is 246 g/mol. The Morgan fingerprint density at radius 2 is 1.60 bits per heavy atom. The fourth-order valence-corrected chi connectivity index (χ4v) is 3.53. The van der Waals surface area contributed by atoms with E-state index in [1.165, 1.54) is 57.5 Å². The van der Waals surface area contributed by atoms with Crippen molar-refractivity contribution in [3.8, 4) is 0 Å². The molecular formula is C17H27N3. The van der Waals surface area contributed by atoms with E-state index in [1.54, 1.807) is 0 Å². The summed E-state index contributed by atoms with van der Waals surface area (Å²) in [6.07, 6.45) is 4.06. The van der Waals surface area contributed by atoms with Gasteiger partial charge in [-0.2, -0.15) is 0 Å². The molecule has 1 aliphatic carbocycles. The van der Waals surface area contributed by atoms with E-state index in [9.17, 15) is 0 Å². The molecule has 1 aromatic carbocycles. The molecule has 1 aromatic rings. The molecule has 2 N–H and O–H groups in total. The van der Waals surface area contributed by atoms with Crippen LogP contribution in [0.3, 0.4) is 0 Å². The van der Waals surface area contributed by atoms with Crippen molar-refractivity contribution in [3.05, 3.63) is 35.9 Å². The van der Waals surface area contributed by atoms with Gasteiger partial charge in [-0.1, -0.05) is 36.8 Å². The first-order chi connectivity index (χ1) is 9.80. The summed E-state index contributed by atoms with van der Waals surface area (Å²) in [7, 11) is 0. The molecule has 0 amide bonds. The van der Waals surface area contributed by atoms with Crippen LogP contribution < -0.4 is 5.73 Å². The maximum atomic E-state index is 5.98. The number of rotatable bonds is 5. The lowest BCUT2D eigenvalue weighted by Crippen LogP contribution is -2.53. The zero-order valence-corrected chi connectivity index (χ0v) is 12.4. The highest BCUT2D eigenvalue weighted by atomic mass is 15.3. The predicted octanol–water partition coefficient (Wildman–Crippen LogP) is 1.93. The number of hydrogen-bond donors (Lipinski definition) is 1. The standard InChI is InChI=1S/C17H27N3/c18-14-17(7-4-8-17)15-20-11-9-19(10-12-20)13-16-5-2-1-3-6-16/h1-3,5-6H,4,7-15,18H2. The van der Waals surface area contributed by atoms with Gasteiger partial charge >= 0.3 is 0 Å². The molecule has 1 aliphatic heterocycles. The van der Waals surface area contributed by atoms with Gasteiger partial charge in [0.2, 0.25) is 0 Å². The first-order valence-electron chi connectivity index (χ1n) is 7.98. The number of hydrogen-bond acceptors (Lipinski definition) is 3. The summed E-state index contributed by atoms with van der Waals surface area (Å²) in [5.74, 6) is 0. The van der Waals surface area contributed by atoms with Crippen molar-refractivity contribution in [2.24, 2.45) is 11.1 Å². The van der Waals surface area contributed by atoms with Gasteiger partial charge in [-0.15, -0.1) is 0 Å². The van der Waals surface area contributed by atoms with Crippen LogP contribution in [0.4, 0.5) is 0 Å². The number of nitrogens with zero attached hydrogens (tertiary/aromatic N) is 2. The molecule has 3 nitrogen and oxygen atoms in total. The second-order valence-corrected chi connectivity index (χ2v) is 6.60. The smallest absolute Gasteiger partial charge is 0.0234 e. The Balaban J connectivity index is 1.45. The van der Waals surface area contributed by atoms with E-state index in [-0.39, 0.29) is 0 Å². The minimum absolute atomic E-state index is 0.460. The van der Waals surface area contributed by atoms with Crippen molar-refractivity contribution < 1.29 is 0 Å². The van der Waals surface area contributed by atoms with E-state index < -0.39 is 0 Å². The second-order valence-electron chi connectivity index (χ2n) is 6.60. The van der Waals surface area contributed by atoms with Gasteiger partial charge in [0.15, 0.2) is 0 Å². The van der Waals surface area contributed by atoms with Crippen molar-refractivity contribution >= 4 is 0 Å². The quantitative estimate of drug-likeness (QED) is 0.890. The average molecular weight is 273 g/mol. The SMILES string of the molecule is NCC1(CN2CCN(Cc3ccccc3)CC2)CCC1. The van der Waals surface area contributed by atoms with E-state index in [0.717, 1.165) is 13.1 Å². The van der Waals surface area contributed by atoms with Gasteiger partial charge in [-0.25, -0.2) is 0 Å². The molecule has 2 aliphatic rings. The van der Waals surface area contributed by atoms with Crippen molar-refractivity contribution in [3.63, 3.8) is 0 Å². The Bertz CT molecular complexity index is 400. The monoisotopic (exact) mass is 273 g/mol. The number of benzene rings is 1. The van der Waals surface area contributed by atoms with Gasteiger partial charge in [0.1, 0.15) is 0 Å². The number of nitrogens with two attached hydrogens (primary N) is 1. The Hall–Kier alpha value is -0.900. The minimum atomic E-state index is 0.460. The summed E-state index contributed by atoms with van der Waals surface area (Å²) in [4.78, 5) is 5.20. The highest BCUT2D eigenvalue weighted by Gasteiger charge is 2.37. The maximum Gasteiger partial charge on any atom is 0.0234 e. The van der Waals surface area contributed by atoms with Crippen LogP contribution in [-0.2, 0) is 6.54 Å². The molecule has 1 heterocycles. The van der Waals surface area contributed by atoms with E-state index in [2.05, 4.69) is 40.1 Å². The lowest BCUT2D eigenvalue weighted by Gasteiger charge is -2.46. The van der Waals surface area contributed by atoms with Crippen molar-refractivity contribution in [1.29, 1.82) is 0 Å². The first-order valence-corrected chi connectivity index (χ1v) is 7.98.